The number of rotatable bonds is 4. The Hall–Kier alpha value is -0.0800. The Morgan fingerprint density at radius 2 is 1.90 bits per heavy atom. The summed E-state index contributed by atoms with van der Waals surface area (Å²) in [6, 6.07) is 0. The summed E-state index contributed by atoms with van der Waals surface area (Å²) in [6.07, 6.45) is 2.42. The fourth-order valence-electron chi connectivity index (χ4n) is 0.793. The minimum Gasteiger partial charge on any atom is -0.305 e. The Morgan fingerprint density at radius 1 is 1.30 bits per heavy atom. The summed E-state index contributed by atoms with van der Waals surface area (Å²) in [6.45, 7) is 7.70. The van der Waals surface area contributed by atoms with Crippen LogP contribution in [0.4, 0.5) is 0 Å². The molecule has 1 N–H and O–H groups in total. The van der Waals surface area contributed by atoms with Gasteiger partial charge in [-0.2, -0.15) is 0 Å². The number of hydroxylamine groups is 1. The summed E-state index contributed by atoms with van der Waals surface area (Å²) in [4.78, 5) is 4.71. The number of nitrogens with one attached hydrogen (secondary N) is 1. The van der Waals surface area contributed by atoms with Crippen molar-refractivity contribution in [3.63, 3.8) is 0 Å². The SMILES string of the molecule is CONCCCC(C)(C)C. The third kappa shape index (κ3) is 7.92. The number of hydrogen-bond acceptors (Lipinski definition) is 2. The first-order valence-electron chi connectivity index (χ1n) is 3.82. The van der Waals surface area contributed by atoms with Crippen molar-refractivity contribution >= 4 is 0 Å². The van der Waals surface area contributed by atoms with Gasteiger partial charge in [-0.3, -0.25) is 0 Å². The van der Waals surface area contributed by atoms with Crippen LogP contribution in [0.3, 0.4) is 0 Å². The Kier molecular flexibility index (Phi) is 4.65. The maximum Gasteiger partial charge on any atom is 0.0572 e. The van der Waals surface area contributed by atoms with Gasteiger partial charge in [0, 0.05) is 6.54 Å². The molecule has 0 aliphatic rings. The van der Waals surface area contributed by atoms with Crippen molar-refractivity contribution in [2.45, 2.75) is 33.6 Å². The predicted octanol–water partition coefficient (Wildman–Crippen LogP) is 1.96. The summed E-state index contributed by atoms with van der Waals surface area (Å²) in [7, 11) is 1.65. The van der Waals surface area contributed by atoms with Gasteiger partial charge < -0.3 is 4.84 Å². The highest BCUT2D eigenvalue weighted by Gasteiger charge is 2.08. The molecule has 0 fully saturated rings. The van der Waals surface area contributed by atoms with Crippen LogP contribution >= 0.6 is 0 Å². The lowest BCUT2D eigenvalue weighted by molar-refractivity contribution is 0.0884. The molecule has 0 saturated heterocycles. The largest absolute Gasteiger partial charge is 0.305 e. The van der Waals surface area contributed by atoms with Crippen LogP contribution in [0.2, 0.25) is 0 Å². The van der Waals surface area contributed by atoms with Crippen LogP contribution in [0, 0.1) is 5.41 Å². The van der Waals surface area contributed by atoms with E-state index in [-0.39, 0.29) is 0 Å². The zero-order valence-electron chi connectivity index (χ0n) is 7.53. The van der Waals surface area contributed by atoms with Crippen molar-refractivity contribution in [1.29, 1.82) is 0 Å². The molecule has 0 spiro atoms. The van der Waals surface area contributed by atoms with Gasteiger partial charge in [0.05, 0.1) is 7.11 Å². The molecular formula is C8H19NO. The lowest BCUT2D eigenvalue weighted by Gasteiger charge is -2.17. The third-order valence-corrected chi connectivity index (χ3v) is 1.35. The maximum absolute atomic E-state index is 4.71. The Labute approximate surface area is 63.9 Å². The van der Waals surface area contributed by atoms with Gasteiger partial charge in [0.15, 0.2) is 0 Å². The molecule has 0 atom stereocenters. The first kappa shape index (κ1) is 9.92. The molecule has 10 heavy (non-hydrogen) atoms. The van der Waals surface area contributed by atoms with Gasteiger partial charge in [0.25, 0.3) is 0 Å². The summed E-state index contributed by atoms with van der Waals surface area (Å²) in [5, 5.41) is 0. The molecule has 0 aromatic carbocycles. The van der Waals surface area contributed by atoms with E-state index in [1.54, 1.807) is 7.11 Å². The highest BCUT2D eigenvalue weighted by molar-refractivity contribution is 4.60. The van der Waals surface area contributed by atoms with Gasteiger partial charge in [0.2, 0.25) is 0 Å². The van der Waals surface area contributed by atoms with Gasteiger partial charge in [0.1, 0.15) is 0 Å². The van der Waals surface area contributed by atoms with Gasteiger partial charge in [-0.05, 0) is 18.3 Å². The topological polar surface area (TPSA) is 21.3 Å². The van der Waals surface area contributed by atoms with Crippen molar-refractivity contribution in [2.75, 3.05) is 13.7 Å². The van der Waals surface area contributed by atoms with E-state index in [0.717, 1.165) is 6.54 Å². The van der Waals surface area contributed by atoms with E-state index in [1.165, 1.54) is 12.8 Å². The second kappa shape index (κ2) is 4.69. The van der Waals surface area contributed by atoms with Gasteiger partial charge in [-0.1, -0.05) is 20.8 Å². The minimum absolute atomic E-state index is 0.454. The molecule has 0 heterocycles. The first-order chi connectivity index (χ1) is 4.56. The highest BCUT2D eigenvalue weighted by Crippen LogP contribution is 2.19. The molecule has 0 amide bonds. The average molecular weight is 145 g/mol. The van der Waals surface area contributed by atoms with Crippen LogP contribution in [-0.2, 0) is 4.84 Å². The van der Waals surface area contributed by atoms with Crippen molar-refractivity contribution in [1.82, 2.24) is 5.48 Å². The molecule has 2 heteroatoms. The third-order valence-electron chi connectivity index (χ3n) is 1.35. The van der Waals surface area contributed by atoms with Gasteiger partial charge >= 0.3 is 0 Å². The molecule has 0 aromatic heterocycles. The highest BCUT2D eigenvalue weighted by atomic mass is 16.6. The molecular weight excluding hydrogens is 126 g/mol. The molecule has 2 nitrogen and oxygen atoms in total. The summed E-state index contributed by atoms with van der Waals surface area (Å²) >= 11 is 0. The second-order valence-corrected chi connectivity index (χ2v) is 3.76. The molecule has 62 valence electrons. The zero-order valence-corrected chi connectivity index (χ0v) is 7.53. The van der Waals surface area contributed by atoms with Crippen molar-refractivity contribution in [3.05, 3.63) is 0 Å². The van der Waals surface area contributed by atoms with Gasteiger partial charge in [-0.15, -0.1) is 0 Å². The van der Waals surface area contributed by atoms with Crippen LogP contribution in [0.5, 0.6) is 0 Å². The molecule has 0 bridgehead atoms. The Morgan fingerprint density at radius 3 is 2.30 bits per heavy atom. The van der Waals surface area contributed by atoms with Crippen molar-refractivity contribution in [2.24, 2.45) is 5.41 Å². The average Bonchev–Trinajstić information content (AvgIpc) is 1.78. The van der Waals surface area contributed by atoms with Crippen LogP contribution < -0.4 is 5.48 Å². The van der Waals surface area contributed by atoms with Crippen LogP contribution in [0.15, 0.2) is 0 Å². The number of hydrogen-bond donors (Lipinski definition) is 1. The van der Waals surface area contributed by atoms with Crippen LogP contribution in [0.1, 0.15) is 33.6 Å². The maximum atomic E-state index is 4.71. The Balaban J connectivity index is 3.04. The molecule has 0 aliphatic heterocycles. The fraction of sp³-hybridized carbons (Fsp3) is 1.00. The molecule has 0 saturated carbocycles. The molecule has 0 aromatic rings. The summed E-state index contributed by atoms with van der Waals surface area (Å²) < 4.78 is 0. The van der Waals surface area contributed by atoms with E-state index in [9.17, 15) is 0 Å². The first-order valence-corrected chi connectivity index (χ1v) is 3.82. The quantitative estimate of drug-likeness (QED) is 0.482. The lowest BCUT2D eigenvalue weighted by atomic mass is 9.91. The lowest BCUT2D eigenvalue weighted by Crippen LogP contribution is -2.15. The van der Waals surface area contributed by atoms with E-state index < -0.39 is 0 Å². The second-order valence-electron chi connectivity index (χ2n) is 3.76. The fourth-order valence-corrected chi connectivity index (χ4v) is 0.793. The zero-order chi connectivity index (χ0) is 8.04. The summed E-state index contributed by atoms with van der Waals surface area (Å²) in [5.41, 5.74) is 3.27. The summed E-state index contributed by atoms with van der Waals surface area (Å²) in [5.74, 6) is 0. The standard InChI is InChI=1S/C8H19NO/c1-8(2,3)6-5-7-9-10-4/h9H,5-7H2,1-4H3. The molecule has 0 rings (SSSR count). The molecule has 0 aliphatic carbocycles. The smallest absolute Gasteiger partial charge is 0.0572 e. The Bertz CT molecular complexity index is 75.8. The molecule has 0 radical (unpaired) electrons. The van der Waals surface area contributed by atoms with E-state index >= 15 is 0 Å². The van der Waals surface area contributed by atoms with E-state index in [2.05, 4.69) is 26.3 Å². The van der Waals surface area contributed by atoms with E-state index in [1.807, 2.05) is 0 Å². The van der Waals surface area contributed by atoms with E-state index in [4.69, 9.17) is 4.84 Å². The normalized spacial score (nSPS) is 12.0. The minimum atomic E-state index is 0.454. The van der Waals surface area contributed by atoms with E-state index in [0.29, 0.717) is 5.41 Å². The van der Waals surface area contributed by atoms with Gasteiger partial charge in [-0.25, -0.2) is 5.48 Å². The van der Waals surface area contributed by atoms with Crippen LogP contribution in [0.25, 0.3) is 0 Å². The van der Waals surface area contributed by atoms with Crippen molar-refractivity contribution in [3.8, 4) is 0 Å². The molecule has 0 unspecified atom stereocenters. The monoisotopic (exact) mass is 145 g/mol. The van der Waals surface area contributed by atoms with Crippen molar-refractivity contribution < 1.29 is 4.84 Å². The van der Waals surface area contributed by atoms with Crippen LogP contribution in [-0.4, -0.2) is 13.7 Å². The predicted molar refractivity (Wildman–Crippen MR) is 43.7 cm³/mol.